The molecule has 1 N–H and O–H groups in total. The Morgan fingerprint density at radius 3 is 2.40 bits per heavy atom. The first-order chi connectivity index (χ1) is 9.15. The van der Waals surface area contributed by atoms with Crippen molar-refractivity contribution in [2.75, 3.05) is 19.7 Å². The minimum absolute atomic E-state index is 0.0344. The van der Waals surface area contributed by atoms with E-state index in [0.717, 1.165) is 0 Å². The predicted octanol–water partition coefficient (Wildman–Crippen LogP) is 1.22. The summed E-state index contributed by atoms with van der Waals surface area (Å²) in [6.45, 7) is -1.16. The Hall–Kier alpha value is -1.83. The van der Waals surface area contributed by atoms with E-state index in [1.54, 1.807) is 0 Å². The third kappa shape index (κ3) is 4.09. The minimum Gasteiger partial charge on any atom is -0.395 e. The van der Waals surface area contributed by atoms with Crippen LogP contribution < -0.4 is 0 Å². The molecule has 8 heteroatoms. The number of Topliss-reactive ketones (excluding diaryl/α,β-unsaturated/α-hetero) is 1. The first-order valence-corrected chi connectivity index (χ1v) is 5.80. The number of nitrogens with zero attached hydrogens (tertiary/aromatic N) is 2. The predicted molar refractivity (Wildman–Crippen MR) is 64.5 cm³/mol. The zero-order valence-corrected chi connectivity index (χ0v) is 11.1. The van der Waals surface area contributed by atoms with Crippen molar-refractivity contribution in [1.29, 1.82) is 0 Å². The van der Waals surface area contributed by atoms with Crippen LogP contribution >= 0.6 is 0 Å². The average Bonchev–Trinajstić information content (AvgIpc) is 2.68. The Balaban J connectivity index is 3.03. The molecule has 0 aromatic carbocycles. The van der Waals surface area contributed by atoms with Gasteiger partial charge in [-0.2, -0.15) is 13.2 Å². The SMILES string of the molecule is CC(=O)c1cc(C(=O)N(CCO)CC(F)(F)F)n(C)c1. The van der Waals surface area contributed by atoms with Crippen molar-refractivity contribution in [2.24, 2.45) is 7.05 Å². The lowest BCUT2D eigenvalue weighted by Gasteiger charge is -2.23. The molecule has 0 fully saturated rings. The van der Waals surface area contributed by atoms with Crippen LogP contribution in [0.5, 0.6) is 0 Å². The molecule has 0 aliphatic heterocycles. The highest BCUT2D eigenvalue weighted by molar-refractivity contribution is 5.99. The van der Waals surface area contributed by atoms with Crippen molar-refractivity contribution >= 4 is 11.7 Å². The van der Waals surface area contributed by atoms with Gasteiger partial charge in [0.15, 0.2) is 5.78 Å². The Morgan fingerprint density at radius 2 is 2.00 bits per heavy atom. The number of rotatable bonds is 5. The number of amides is 1. The van der Waals surface area contributed by atoms with E-state index in [1.165, 1.54) is 30.8 Å². The Morgan fingerprint density at radius 1 is 1.40 bits per heavy atom. The van der Waals surface area contributed by atoms with Crippen LogP contribution in [-0.2, 0) is 7.05 Å². The van der Waals surface area contributed by atoms with E-state index in [4.69, 9.17) is 5.11 Å². The van der Waals surface area contributed by atoms with E-state index in [0.29, 0.717) is 4.90 Å². The molecule has 0 radical (unpaired) electrons. The van der Waals surface area contributed by atoms with Gasteiger partial charge in [-0.15, -0.1) is 0 Å². The maximum atomic E-state index is 12.4. The van der Waals surface area contributed by atoms with Gasteiger partial charge < -0.3 is 14.6 Å². The van der Waals surface area contributed by atoms with Crippen LogP contribution in [-0.4, -0.2) is 52.1 Å². The zero-order chi connectivity index (χ0) is 15.5. The highest BCUT2D eigenvalue weighted by Gasteiger charge is 2.33. The summed E-state index contributed by atoms with van der Waals surface area (Å²) in [7, 11) is 1.46. The molecule has 0 atom stereocenters. The number of ketones is 1. The van der Waals surface area contributed by atoms with Gasteiger partial charge in [-0.1, -0.05) is 0 Å². The van der Waals surface area contributed by atoms with E-state index in [1.807, 2.05) is 0 Å². The first-order valence-electron chi connectivity index (χ1n) is 5.80. The van der Waals surface area contributed by atoms with Gasteiger partial charge in [0.25, 0.3) is 5.91 Å². The number of carbonyl (C=O) groups excluding carboxylic acids is 2. The third-order valence-electron chi connectivity index (χ3n) is 2.66. The van der Waals surface area contributed by atoms with Crippen LogP contribution in [0.15, 0.2) is 12.3 Å². The second kappa shape index (κ2) is 6.08. The molecule has 0 aliphatic carbocycles. The molecule has 1 heterocycles. The van der Waals surface area contributed by atoms with Gasteiger partial charge in [0.2, 0.25) is 0 Å². The normalized spacial score (nSPS) is 11.5. The quantitative estimate of drug-likeness (QED) is 0.830. The molecular weight excluding hydrogens is 277 g/mol. The van der Waals surface area contributed by atoms with E-state index >= 15 is 0 Å². The molecule has 1 aromatic heterocycles. The topological polar surface area (TPSA) is 62.5 Å². The molecule has 112 valence electrons. The molecular formula is C12H15F3N2O3. The number of hydrogen-bond donors (Lipinski definition) is 1. The van der Waals surface area contributed by atoms with Gasteiger partial charge in [0.1, 0.15) is 12.2 Å². The van der Waals surface area contributed by atoms with Crippen LogP contribution in [0.4, 0.5) is 13.2 Å². The molecule has 1 rings (SSSR count). The molecule has 1 aromatic rings. The van der Waals surface area contributed by atoms with Crippen molar-refractivity contribution in [2.45, 2.75) is 13.1 Å². The van der Waals surface area contributed by atoms with Crippen LogP contribution in [0.25, 0.3) is 0 Å². The van der Waals surface area contributed by atoms with Crippen molar-refractivity contribution in [1.82, 2.24) is 9.47 Å². The number of aliphatic hydroxyl groups is 1. The summed E-state index contributed by atoms with van der Waals surface area (Å²) < 4.78 is 38.5. The first kappa shape index (κ1) is 16.2. The average molecular weight is 292 g/mol. The number of aliphatic hydroxyl groups excluding tert-OH is 1. The van der Waals surface area contributed by atoms with Gasteiger partial charge in [0, 0.05) is 25.4 Å². The van der Waals surface area contributed by atoms with E-state index in [2.05, 4.69) is 0 Å². The zero-order valence-electron chi connectivity index (χ0n) is 11.1. The van der Waals surface area contributed by atoms with Crippen molar-refractivity contribution in [3.05, 3.63) is 23.5 Å². The number of carbonyl (C=O) groups is 2. The van der Waals surface area contributed by atoms with Crippen molar-refractivity contribution < 1.29 is 27.9 Å². The largest absolute Gasteiger partial charge is 0.406 e. The summed E-state index contributed by atoms with van der Waals surface area (Å²) in [4.78, 5) is 23.8. The number of aryl methyl sites for hydroxylation is 1. The van der Waals surface area contributed by atoms with Crippen LogP contribution in [0.2, 0.25) is 0 Å². The summed E-state index contributed by atoms with van der Waals surface area (Å²) in [5.74, 6) is -1.17. The molecule has 0 bridgehead atoms. The van der Waals surface area contributed by atoms with Crippen LogP contribution in [0, 0.1) is 0 Å². The molecule has 0 spiro atoms. The Bertz CT molecular complexity index is 509. The van der Waals surface area contributed by atoms with Crippen LogP contribution in [0.1, 0.15) is 27.8 Å². The molecule has 20 heavy (non-hydrogen) atoms. The Labute approximate surface area is 113 Å². The fourth-order valence-electron chi connectivity index (χ4n) is 1.72. The number of halogens is 3. The number of alkyl halides is 3. The van der Waals surface area contributed by atoms with Gasteiger partial charge >= 0.3 is 6.18 Å². The van der Waals surface area contributed by atoms with Crippen LogP contribution in [0.3, 0.4) is 0 Å². The van der Waals surface area contributed by atoms with E-state index in [9.17, 15) is 22.8 Å². The summed E-state index contributed by atoms with van der Waals surface area (Å²) in [5, 5.41) is 8.77. The highest BCUT2D eigenvalue weighted by Crippen LogP contribution is 2.19. The molecule has 0 unspecified atom stereocenters. The van der Waals surface area contributed by atoms with E-state index < -0.39 is 31.8 Å². The smallest absolute Gasteiger partial charge is 0.395 e. The van der Waals surface area contributed by atoms with Gasteiger partial charge in [-0.05, 0) is 13.0 Å². The van der Waals surface area contributed by atoms with Crippen molar-refractivity contribution in [3.8, 4) is 0 Å². The number of aromatic nitrogens is 1. The van der Waals surface area contributed by atoms with Gasteiger partial charge in [0.05, 0.1) is 6.61 Å². The maximum Gasteiger partial charge on any atom is 0.406 e. The molecule has 0 saturated carbocycles. The standard InChI is InChI=1S/C12H15F3N2O3/c1-8(19)9-5-10(16(2)6-9)11(20)17(3-4-18)7-12(13,14)15/h5-6,18H,3-4,7H2,1-2H3. The fraction of sp³-hybridized carbons (Fsp3) is 0.500. The summed E-state index contributed by atoms with van der Waals surface area (Å²) in [6.07, 6.45) is -3.18. The lowest BCUT2D eigenvalue weighted by atomic mass is 10.2. The maximum absolute atomic E-state index is 12.4. The van der Waals surface area contributed by atoms with Gasteiger partial charge in [-0.25, -0.2) is 0 Å². The number of hydrogen-bond acceptors (Lipinski definition) is 3. The molecule has 0 saturated heterocycles. The summed E-state index contributed by atoms with van der Waals surface area (Å²) >= 11 is 0. The molecule has 5 nitrogen and oxygen atoms in total. The summed E-state index contributed by atoms with van der Waals surface area (Å²) in [5.41, 5.74) is 0.208. The minimum atomic E-state index is -4.56. The Kier molecular flexibility index (Phi) is 4.93. The summed E-state index contributed by atoms with van der Waals surface area (Å²) in [6, 6.07) is 1.24. The fourth-order valence-corrected chi connectivity index (χ4v) is 1.72. The molecule has 1 amide bonds. The second-order valence-electron chi connectivity index (χ2n) is 4.35. The van der Waals surface area contributed by atoms with Gasteiger partial charge in [-0.3, -0.25) is 9.59 Å². The van der Waals surface area contributed by atoms with E-state index in [-0.39, 0.29) is 17.0 Å². The lowest BCUT2D eigenvalue weighted by Crippen LogP contribution is -2.41. The lowest BCUT2D eigenvalue weighted by molar-refractivity contribution is -0.141. The molecule has 0 aliphatic rings. The third-order valence-corrected chi connectivity index (χ3v) is 2.66. The van der Waals surface area contributed by atoms with Crippen molar-refractivity contribution in [3.63, 3.8) is 0 Å². The highest BCUT2D eigenvalue weighted by atomic mass is 19.4. The second-order valence-corrected chi connectivity index (χ2v) is 4.35. The monoisotopic (exact) mass is 292 g/mol.